The van der Waals surface area contributed by atoms with Gasteiger partial charge in [-0.2, -0.15) is 0 Å². The van der Waals surface area contributed by atoms with E-state index < -0.39 is 11.5 Å². The lowest BCUT2D eigenvalue weighted by Crippen LogP contribution is -2.36. The molecule has 0 fully saturated rings. The van der Waals surface area contributed by atoms with E-state index in [1.807, 2.05) is 18.2 Å². The molecule has 70 valence electrons. The summed E-state index contributed by atoms with van der Waals surface area (Å²) in [6.07, 6.45) is 0. The van der Waals surface area contributed by atoms with Gasteiger partial charge in [-0.05, 0) is 26.0 Å². The van der Waals surface area contributed by atoms with Crippen molar-refractivity contribution in [3.05, 3.63) is 30.3 Å². The van der Waals surface area contributed by atoms with Crippen molar-refractivity contribution in [2.75, 3.05) is 5.32 Å². The highest BCUT2D eigenvalue weighted by atomic mass is 16.3. The Morgan fingerprint density at radius 2 is 1.85 bits per heavy atom. The molecule has 1 aromatic carbocycles. The van der Waals surface area contributed by atoms with E-state index in [4.69, 9.17) is 0 Å². The molecule has 0 atom stereocenters. The van der Waals surface area contributed by atoms with Crippen molar-refractivity contribution in [1.82, 2.24) is 0 Å². The molecule has 3 heteroatoms. The number of para-hydroxylation sites is 1. The van der Waals surface area contributed by atoms with E-state index >= 15 is 0 Å². The average molecular weight is 179 g/mol. The molecular formula is C10H13NO2. The summed E-state index contributed by atoms with van der Waals surface area (Å²) < 4.78 is 0. The topological polar surface area (TPSA) is 49.3 Å². The molecule has 0 heterocycles. The fourth-order valence-corrected chi connectivity index (χ4v) is 0.806. The first-order valence-electron chi connectivity index (χ1n) is 4.09. The smallest absolute Gasteiger partial charge is 0.255 e. The van der Waals surface area contributed by atoms with Crippen LogP contribution in [-0.4, -0.2) is 16.6 Å². The molecule has 2 N–H and O–H groups in total. The Kier molecular flexibility index (Phi) is 2.68. The molecule has 1 rings (SSSR count). The third-order valence-electron chi connectivity index (χ3n) is 1.59. The van der Waals surface area contributed by atoms with Crippen LogP contribution in [0.1, 0.15) is 13.8 Å². The van der Waals surface area contributed by atoms with Gasteiger partial charge in [0.1, 0.15) is 5.60 Å². The van der Waals surface area contributed by atoms with Gasteiger partial charge in [0.25, 0.3) is 5.91 Å². The summed E-state index contributed by atoms with van der Waals surface area (Å²) in [5.41, 5.74) is -0.648. The van der Waals surface area contributed by atoms with E-state index in [0.717, 1.165) is 0 Å². The molecule has 0 aliphatic carbocycles. The minimum Gasteiger partial charge on any atom is -0.381 e. The fourth-order valence-electron chi connectivity index (χ4n) is 0.806. The molecule has 3 nitrogen and oxygen atoms in total. The van der Waals surface area contributed by atoms with Crippen molar-refractivity contribution < 1.29 is 9.90 Å². The van der Waals surface area contributed by atoms with Gasteiger partial charge < -0.3 is 10.4 Å². The van der Waals surface area contributed by atoms with Crippen LogP contribution in [-0.2, 0) is 4.79 Å². The lowest BCUT2D eigenvalue weighted by atomic mass is 10.1. The van der Waals surface area contributed by atoms with Crippen LogP contribution in [0.2, 0.25) is 0 Å². The quantitative estimate of drug-likeness (QED) is 0.720. The van der Waals surface area contributed by atoms with Gasteiger partial charge in [-0.25, -0.2) is 0 Å². The largest absolute Gasteiger partial charge is 0.381 e. The van der Waals surface area contributed by atoms with Crippen LogP contribution in [0, 0.1) is 0 Å². The fraction of sp³-hybridized carbons (Fsp3) is 0.300. The first kappa shape index (κ1) is 9.74. The number of benzene rings is 1. The number of amides is 1. The second-order valence-electron chi connectivity index (χ2n) is 3.38. The Bertz CT molecular complexity index is 288. The monoisotopic (exact) mass is 179 g/mol. The summed E-state index contributed by atoms with van der Waals surface area (Å²) in [5, 5.41) is 11.9. The molecule has 0 aromatic heterocycles. The predicted molar refractivity (Wildman–Crippen MR) is 51.4 cm³/mol. The number of nitrogens with one attached hydrogen (secondary N) is 1. The van der Waals surface area contributed by atoms with Gasteiger partial charge in [0, 0.05) is 5.69 Å². The van der Waals surface area contributed by atoms with Gasteiger partial charge in [-0.3, -0.25) is 4.79 Å². The van der Waals surface area contributed by atoms with Crippen LogP contribution >= 0.6 is 0 Å². The predicted octanol–water partition coefficient (Wildman–Crippen LogP) is 1.40. The molecule has 0 unspecified atom stereocenters. The van der Waals surface area contributed by atoms with Crippen LogP contribution in [0.15, 0.2) is 30.3 Å². The first-order chi connectivity index (χ1) is 6.00. The first-order valence-corrected chi connectivity index (χ1v) is 4.09. The van der Waals surface area contributed by atoms with Crippen LogP contribution in [0.5, 0.6) is 0 Å². The highest BCUT2D eigenvalue weighted by Crippen LogP contribution is 2.09. The van der Waals surface area contributed by atoms with E-state index in [-0.39, 0.29) is 0 Å². The third-order valence-corrected chi connectivity index (χ3v) is 1.59. The van der Waals surface area contributed by atoms with E-state index in [9.17, 15) is 9.90 Å². The molecule has 13 heavy (non-hydrogen) atoms. The highest BCUT2D eigenvalue weighted by Gasteiger charge is 2.23. The lowest BCUT2D eigenvalue weighted by molar-refractivity contribution is -0.130. The Morgan fingerprint density at radius 1 is 1.31 bits per heavy atom. The molecular weight excluding hydrogens is 166 g/mol. The van der Waals surface area contributed by atoms with Gasteiger partial charge in [0.2, 0.25) is 0 Å². The van der Waals surface area contributed by atoms with Gasteiger partial charge in [-0.1, -0.05) is 18.2 Å². The number of rotatable bonds is 2. The number of carbonyl (C=O) groups is 1. The van der Waals surface area contributed by atoms with Crippen LogP contribution < -0.4 is 5.32 Å². The Balaban J connectivity index is 2.66. The summed E-state index contributed by atoms with van der Waals surface area (Å²) in [5.74, 6) is -0.404. The SMILES string of the molecule is CC(C)(O)C(=O)Nc1ccccc1. The van der Waals surface area contributed by atoms with E-state index in [2.05, 4.69) is 5.32 Å². The third kappa shape index (κ3) is 2.87. The summed E-state index contributed by atoms with van der Waals surface area (Å²) in [6.45, 7) is 2.90. The molecule has 1 amide bonds. The van der Waals surface area contributed by atoms with Crippen molar-refractivity contribution >= 4 is 11.6 Å². The zero-order valence-corrected chi connectivity index (χ0v) is 7.74. The molecule has 0 aliphatic rings. The molecule has 0 bridgehead atoms. The summed E-state index contributed by atoms with van der Waals surface area (Å²) in [7, 11) is 0. The zero-order valence-electron chi connectivity index (χ0n) is 7.74. The Hall–Kier alpha value is -1.35. The van der Waals surface area contributed by atoms with Crippen molar-refractivity contribution in [1.29, 1.82) is 0 Å². The minimum absolute atomic E-state index is 0.404. The van der Waals surface area contributed by atoms with Crippen molar-refractivity contribution in [3.63, 3.8) is 0 Å². The normalized spacial score (nSPS) is 11.0. The molecule has 0 aliphatic heterocycles. The van der Waals surface area contributed by atoms with E-state index in [1.165, 1.54) is 13.8 Å². The Morgan fingerprint density at radius 3 is 2.31 bits per heavy atom. The zero-order chi connectivity index (χ0) is 9.90. The maximum Gasteiger partial charge on any atom is 0.255 e. The molecule has 0 spiro atoms. The van der Waals surface area contributed by atoms with Crippen molar-refractivity contribution in [2.45, 2.75) is 19.4 Å². The standard InChI is InChI=1S/C10H13NO2/c1-10(2,13)9(12)11-8-6-4-3-5-7-8/h3-7,13H,1-2H3,(H,11,12). The number of aliphatic hydroxyl groups is 1. The summed E-state index contributed by atoms with van der Waals surface area (Å²) >= 11 is 0. The van der Waals surface area contributed by atoms with Crippen molar-refractivity contribution in [3.8, 4) is 0 Å². The molecule has 0 saturated heterocycles. The molecule has 0 radical (unpaired) electrons. The van der Waals surface area contributed by atoms with Gasteiger partial charge in [0.15, 0.2) is 0 Å². The maximum atomic E-state index is 11.3. The molecule has 1 aromatic rings. The summed E-state index contributed by atoms with van der Waals surface area (Å²) in [4.78, 5) is 11.3. The van der Waals surface area contributed by atoms with E-state index in [1.54, 1.807) is 12.1 Å². The average Bonchev–Trinajstić information content (AvgIpc) is 2.04. The number of carbonyl (C=O) groups excluding carboxylic acids is 1. The van der Waals surface area contributed by atoms with E-state index in [0.29, 0.717) is 5.69 Å². The highest BCUT2D eigenvalue weighted by molar-refractivity contribution is 5.96. The second-order valence-corrected chi connectivity index (χ2v) is 3.38. The minimum atomic E-state index is -1.34. The summed E-state index contributed by atoms with van der Waals surface area (Å²) in [6, 6.07) is 9.03. The van der Waals surface area contributed by atoms with Gasteiger partial charge >= 0.3 is 0 Å². The van der Waals surface area contributed by atoms with Gasteiger partial charge in [-0.15, -0.1) is 0 Å². The number of hydrogen-bond donors (Lipinski definition) is 2. The maximum absolute atomic E-state index is 11.3. The van der Waals surface area contributed by atoms with Gasteiger partial charge in [0.05, 0.1) is 0 Å². The van der Waals surface area contributed by atoms with Crippen LogP contribution in [0.4, 0.5) is 5.69 Å². The molecule has 0 saturated carbocycles. The van der Waals surface area contributed by atoms with Crippen molar-refractivity contribution in [2.24, 2.45) is 0 Å². The van der Waals surface area contributed by atoms with Crippen LogP contribution in [0.3, 0.4) is 0 Å². The second kappa shape index (κ2) is 3.58. The lowest BCUT2D eigenvalue weighted by Gasteiger charge is -2.16. The number of anilines is 1. The Labute approximate surface area is 77.4 Å². The number of hydrogen-bond acceptors (Lipinski definition) is 2. The van der Waals surface area contributed by atoms with Crippen LogP contribution in [0.25, 0.3) is 0 Å².